The van der Waals surface area contributed by atoms with Crippen molar-refractivity contribution in [2.24, 2.45) is 0 Å². The second-order valence-electron chi connectivity index (χ2n) is 4.81. The van der Waals surface area contributed by atoms with Gasteiger partial charge < -0.3 is 19.4 Å². The second kappa shape index (κ2) is 5.84. The predicted molar refractivity (Wildman–Crippen MR) is 85.5 cm³/mol. The van der Waals surface area contributed by atoms with E-state index in [4.69, 9.17) is 9.15 Å². The molecule has 2 aromatic carbocycles. The van der Waals surface area contributed by atoms with Gasteiger partial charge in [-0.1, -0.05) is 6.07 Å². The largest absolute Gasteiger partial charge is 0.508 e. The van der Waals surface area contributed by atoms with Crippen LogP contribution in [0.25, 0.3) is 23.1 Å². The maximum absolute atomic E-state index is 11.9. The van der Waals surface area contributed by atoms with E-state index in [-0.39, 0.29) is 22.8 Å². The van der Waals surface area contributed by atoms with Crippen LogP contribution in [0.3, 0.4) is 0 Å². The average Bonchev–Trinajstić information content (AvgIpc) is 2.55. The molecule has 0 aliphatic carbocycles. The van der Waals surface area contributed by atoms with Crippen molar-refractivity contribution in [3.05, 3.63) is 58.3 Å². The molecule has 0 bridgehead atoms. The molecular weight excluding hydrogens is 298 g/mol. The number of ether oxygens (including phenoxy) is 1. The SMILES string of the molecule is COc1cc(/C=C/c2nc3ccc(O)cc3c(=O)o2)ccc1O. The number of benzene rings is 2. The van der Waals surface area contributed by atoms with Gasteiger partial charge in [-0.2, -0.15) is 0 Å². The molecule has 23 heavy (non-hydrogen) atoms. The lowest BCUT2D eigenvalue weighted by molar-refractivity contribution is 0.373. The van der Waals surface area contributed by atoms with Crippen LogP contribution in [0.2, 0.25) is 0 Å². The molecule has 0 amide bonds. The van der Waals surface area contributed by atoms with Crippen molar-refractivity contribution < 1.29 is 19.4 Å². The topological polar surface area (TPSA) is 92.8 Å². The Balaban J connectivity index is 1.98. The second-order valence-corrected chi connectivity index (χ2v) is 4.81. The molecule has 0 atom stereocenters. The van der Waals surface area contributed by atoms with E-state index in [0.29, 0.717) is 11.3 Å². The minimum absolute atomic E-state index is 0.0221. The van der Waals surface area contributed by atoms with Gasteiger partial charge in [0.1, 0.15) is 5.75 Å². The quantitative estimate of drug-likeness (QED) is 0.772. The number of aromatic nitrogens is 1. The highest BCUT2D eigenvalue weighted by molar-refractivity contribution is 5.79. The van der Waals surface area contributed by atoms with Crippen LogP contribution in [-0.2, 0) is 0 Å². The molecule has 116 valence electrons. The summed E-state index contributed by atoms with van der Waals surface area (Å²) in [6, 6.07) is 9.14. The molecule has 3 aromatic rings. The highest BCUT2D eigenvalue weighted by atomic mass is 16.5. The first kappa shape index (κ1) is 14.6. The van der Waals surface area contributed by atoms with Crippen LogP contribution in [0.1, 0.15) is 11.5 Å². The Bertz CT molecular complexity index is 959. The number of aromatic hydroxyl groups is 2. The molecule has 0 radical (unpaired) electrons. The number of hydrogen-bond acceptors (Lipinski definition) is 6. The van der Waals surface area contributed by atoms with Crippen molar-refractivity contribution in [2.45, 2.75) is 0 Å². The molecular formula is C17H13NO5. The Morgan fingerprint density at radius 3 is 2.74 bits per heavy atom. The third-order valence-corrected chi connectivity index (χ3v) is 3.25. The van der Waals surface area contributed by atoms with Gasteiger partial charge in [-0.05, 0) is 42.0 Å². The van der Waals surface area contributed by atoms with Crippen LogP contribution in [0.5, 0.6) is 17.2 Å². The van der Waals surface area contributed by atoms with Crippen molar-refractivity contribution in [2.75, 3.05) is 7.11 Å². The zero-order valence-electron chi connectivity index (χ0n) is 12.2. The summed E-state index contributed by atoms with van der Waals surface area (Å²) in [5.41, 5.74) is 0.603. The molecule has 1 aromatic heterocycles. The molecule has 0 unspecified atom stereocenters. The summed E-state index contributed by atoms with van der Waals surface area (Å²) < 4.78 is 10.1. The normalized spacial score (nSPS) is 11.2. The van der Waals surface area contributed by atoms with Gasteiger partial charge in [-0.25, -0.2) is 9.78 Å². The number of methoxy groups -OCH3 is 1. The van der Waals surface area contributed by atoms with E-state index in [1.165, 1.54) is 25.3 Å². The van der Waals surface area contributed by atoms with E-state index >= 15 is 0 Å². The van der Waals surface area contributed by atoms with Gasteiger partial charge in [-0.15, -0.1) is 0 Å². The fraction of sp³-hybridized carbons (Fsp3) is 0.0588. The average molecular weight is 311 g/mol. The first-order valence-corrected chi connectivity index (χ1v) is 6.76. The van der Waals surface area contributed by atoms with E-state index < -0.39 is 5.63 Å². The van der Waals surface area contributed by atoms with Crippen LogP contribution in [-0.4, -0.2) is 22.3 Å². The number of fused-ring (bicyclic) bond motifs is 1. The maximum Gasteiger partial charge on any atom is 0.347 e. The van der Waals surface area contributed by atoms with Crippen LogP contribution in [0.15, 0.2) is 45.6 Å². The maximum atomic E-state index is 11.9. The molecule has 0 saturated heterocycles. The fourth-order valence-electron chi connectivity index (χ4n) is 2.11. The van der Waals surface area contributed by atoms with E-state index in [2.05, 4.69) is 4.98 Å². The van der Waals surface area contributed by atoms with Gasteiger partial charge in [-0.3, -0.25) is 0 Å². The molecule has 2 N–H and O–H groups in total. The predicted octanol–water partition coefficient (Wildman–Crippen LogP) is 2.78. The zero-order valence-corrected chi connectivity index (χ0v) is 12.2. The summed E-state index contributed by atoms with van der Waals surface area (Å²) in [6.07, 6.45) is 3.22. The van der Waals surface area contributed by atoms with Gasteiger partial charge in [0.2, 0.25) is 5.89 Å². The van der Waals surface area contributed by atoms with Crippen LogP contribution in [0, 0.1) is 0 Å². The van der Waals surface area contributed by atoms with Gasteiger partial charge in [0.05, 0.1) is 18.0 Å². The fourth-order valence-corrected chi connectivity index (χ4v) is 2.11. The Hall–Kier alpha value is -3.28. The molecule has 0 spiro atoms. The number of rotatable bonds is 3. The number of nitrogens with zero attached hydrogens (tertiary/aromatic N) is 1. The third kappa shape index (κ3) is 3.01. The summed E-state index contributed by atoms with van der Waals surface area (Å²) in [5.74, 6) is 0.502. The van der Waals surface area contributed by atoms with E-state index in [9.17, 15) is 15.0 Å². The molecule has 0 saturated carbocycles. The Labute approximate surface area is 130 Å². The molecule has 0 aliphatic heterocycles. The van der Waals surface area contributed by atoms with Gasteiger partial charge in [0, 0.05) is 6.08 Å². The van der Waals surface area contributed by atoms with Crippen molar-refractivity contribution in [3.8, 4) is 17.2 Å². The Kier molecular flexibility index (Phi) is 3.72. The van der Waals surface area contributed by atoms with Crippen LogP contribution >= 0.6 is 0 Å². The van der Waals surface area contributed by atoms with E-state index in [1.807, 2.05) is 0 Å². The summed E-state index contributed by atoms with van der Waals surface area (Å²) in [4.78, 5) is 16.1. The standard InChI is InChI=1S/C17H13NO5/c1-22-15-8-10(2-6-14(15)20)3-7-16-18-13-5-4-11(19)9-12(13)17(21)23-16/h2-9,19-20H,1H3/b7-3+. The summed E-state index contributed by atoms with van der Waals surface area (Å²) in [7, 11) is 1.46. The molecule has 6 heteroatoms. The summed E-state index contributed by atoms with van der Waals surface area (Å²) >= 11 is 0. The lowest BCUT2D eigenvalue weighted by Crippen LogP contribution is -2.02. The van der Waals surface area contributed by atoms with Crippen LogP contribution < -0.4 is 10.4 Å². The minimum Gasteiger partial charge on any atom is -0.508 e. The molecule has 0 aliphatic rings. The van der Waals surface area contributed by atoms with E-state index in [0.717, 1.165) is 5.56 Å². The van der Waals surface area contributed by atoms with E-state index in [1.54, 1.807) is 30.4 Å². The third-order valence-electron chi connectivity index (χ3n) is 3.25. The van der Waals surface area contributed by atoms with Crippen molar-refractivity contribution in [1.29, 1.82) is 0 Å². The molecule has 1 heterocycles. The van der Waals surface area contributed by atoms with Gasteiger partial charge in [0.25, 0.3) is 0 Å². The lowest BCUT2D eigenvalue weighted by Gasteiger charge is -2.03. The molecule has 3 rings (SSSR count). The highest BCUT2D eigenvalue weighted by Crippen LogP contribution is 2.27. The minimum atomic E-state index is -0.575. The molecule has 6 nitrogen and oxygen atoms in total. The first-order chi connectivity index (χ1) is 11.1. The number of phenols is 2. The summed E-state index contributed by atoms with van der Waals surface area (Å²) in [6.45, 7) is 0. The van der Waals surface area contributed by atoms with Crippen LogP contribution in [0.4, 0.5) is 0 Å². The number of phenolic OH excluding ortho intramolecular Hbond substituents is 2. The van der Waals surface area contributed by atoms with Gasteiger partial charge >= 0.3 is 5.63 Å². The summed E-state index contributed by atoms with van der Waals surface area (Å²) in [5, 5.41) is 19.2. The molecule has 0 fully saturated rings. The monoisotopic (exact) mass is 311 g/mol. The smallest absolute Gasteiger partial charge is 0.347 e. The zero-order chi connectivity index (χ0) is 16.4. The van der Waals surface area contributed by atoms with Crippen molar-refractivity contribution >= 4 is 23.1 Å². The Morgan fingerprint density at radius 1 is 1.13 bits per heavy atom. The van der Waals surface area contributed by atoms with Gasteiger partial charge in [0.15, 0.2) is 11.5 Å². The van der Waals surface area contributed by atoms with Crippen molar-refractivity contribution in [3.63, 3.8) is 0 Å². The highest BCUT2D eigenvalue weighted by Gasteiger charge is 2.06. The van der Waals surface area contributed by atoms with Crippen molar-refractivity contribution in [1.82, 2.24) is 4.98 Å². The lowest BCUT2D eigenvalue weighted by atomic mass is 10.2. The first-order valence-electron chi connectivity index (χ1n) is 6.76. The Morgan fingerprint density at radius 2 is 1.96 bits per heavy atom. The number of hydrogen-bond donors (Lipinski definition) is 2.